The van der Waals surface area contributed by atoms with Gasteiger partial charge in [0.15, 0.2) is 0 Å². The lowest BCUT2D eigenvalue weighted by atomic mass is 10.00. The van der Waals surface area contributed by atoms with Crippen LogP contribution in [0.15, 0.2) is 18.2 Å². The lowest BCUT2D eigenvalue weighted by Crippen LogP contribution is -2.24. The quantitative estimate of drug-likeness (QED) is 0.895. The normalized spacial score (nSPS) is 38.8. The van der Waals surface area contributed by atoms with Gasteiger partial charge in [0.25, 0.3) is 0 Å². The Labute approximate surface area is 120 Å². The van der Waals surface area contributed by atoms with Crippen molar-refractivity contribution in [3.05, 3.63) is 29.3 Å². The predicted octanol–water partition coefficient (Wildman–Crippen LogP) is 2.25. The van der Waals surface area contributed by atoms with Gasteiger partial charge in [-0.15, -0.1) is 0 Å². The number of ether oxygens (including phenoxy) is 1. The first kappa shape index (κ1) is 5.24. The molecule has 1 aromatic rings. The summed E-state index contributed by atoms with van der Waals surface area (Å²) in [6, 6.07) is 4.84. The van der Waals surface area contributed by atoms with Crippen molar-refractivity contribution in [2.45, 2.75) is 31.9 Å². The molecular formula is C15H19NO2. The van der Waals surface area contributed by atoms with Gasteiger partial charge in [-0.2, -0.15) is 0 Å². The number of carbonyl (C=O) groups is 1. The Morgan fingerprint density at radius 3 is 3.56 bits per heavy atom. The van der Waals surface area contributed by atoms with Crippen LogP contribution in [0.25, 0.3) is 0 Å². The number of fused-ring (bicyclic) bond motifs is 1. The lowest BCUT2D eigenvalue weighted by molar-refractivity contribution is -0.120. The summed E-state index contributed by atoms with van der Waals surface area (Å²) in [5, 5.41) is 2.32. The smallest absolute Gasteiger partial charge is 0.219 e. The van der Waals surface area contributed by atoms with Gasteiger partial charge in [0.2, 0.25) is 5.91 Å². The summed E-state index contributed by atoms with van der Waals surface area (Å²) in [6.45, 7) is -5.50. The number of nitrogens with one attached hydrogen (secondary N) is 1. The van der Waals surface area contributed by atoms with Crippen LogP contribution in [0, 0.1) is 5.92 Å². The zero-order chi connectivity index (χ0) is 20.4. The van der Waals surface area contributed by atoms with Crippen LogP contribution in [-0.4, -0.2) is 19.0 Å². The number of amides is 1. The highest BCUT2D eigenvalue weighted by Crippen LogP contribution is 2.50. The molecule has 1 aromatic carbocycles. The minimum atomic E-state index is -3.07. The maximum absolute atomic E-state index is 11.9. The zero-order valence-corrected chi connectivity index (χ0v) is 9.62. The van der Waals surface area contributed by atoms with E-state index in [1.54, 1.807) is 12.1 Å². The van der Waals surface area contributed by atoms with Crippen molar-refractivity contribution >= 4 is 5.91 Å². The van der Waals surface area contributed by atoms with Crippen molar-refractivity contribution in [3.63, 3.8) is 0 Å². The summed E-state index contributed by atoms with van der Waals surface area (Å²) < 4.78 is 73.1. The van der Waals surface area contributed by atoms with Crippen molar-refractivity contribution in [2.24, 2.45) is 5.92 Å². The van der Waals surface area contributed by atoms with Crippen LogP contribution in [0.4, 0.5) is 0 Å². The molecule has 3 rings (SSSR count). The highest BCUT2D eigenvalue weighted by atomic mass is 16.5. The van der Waals surface area contributed by atoms with Crippen molar-refractivity contribution in [3.8, 4) is 5.75 Å². The summed E-state index contributed by atoms with van der Waals surface area (Å²) in [4.78, 5) is 11.9. The lowest BCUT2D eigenvalue weighted by Gasteiger charge is -2.07. The van der Waals surface area contributed by atoms with Gasteiger partial charge in [0.1, 0.15) is 5.75 Å². The van der Waals surface area contributed by atoms with E-state index in [9.17, 15) is 4.79 Å². The van der Waals surface area contributed by atoms with Crippen LogP contribution < -0.4 is 10.1 Å². The van der Waals surface area contributed by atoms with Crippen LogP contribution in [0.3, 0.4) is 0 Å². The summed E-state index contributed by atoms with van der Waals surface area (Å²) in [7, 11) is 0. The largest absolute Gasteiger partial charge is 0.493 e. The van der Waals surface area contributed by atoms with Gasteiger partial charge in [-0.3, -0.25) is 4.79 Å². The third kappa shape index (κ3) is 2.09. The highest BCUT2D eigenvalue weighted by Gasteiger charge is 2.40. The van der Waals surface area contributed by atoms with Crippen molar-refractivity contribution < 1.29 is 21.9 Å². The molecule has 0 radical (unpaired) electrons. The van der Waals surface area contributed by atoms with E-state index >= 15 is 0 Å². The van der Waals surface area contributed by atoms with E-state index in [4.69, 9.17) is 17.1 Å². The molecule has 0 spiro atoms. The third-order valence-electron chi connectivity index (χ3n) is 3.36. The first-order valence-corrected chi connectivity index (χ1v) is 5.81. The molecule has 1 aliphatic heterocycles. The van der Waals surface area contributed by atoms with E-state index < -0.39 is 32.1 Å². The molecule has 3 nitrogen and oxygen atoms in total. The Morgan fingerprint density at radius 1 is 1.72 bits per heavy atom. The second-order valence-corrected chi connectivity index (χ2v) is 4.49. The molecule has 2 atom stereocenters. The molecule has 0 aromatic heterocycles. The minimum absolute atomic E-state index is 0.0551. The van der Waals surface area contributed by atoms with E-state index in [-0.39, 0.29) is 29.7 Å². The maximum atomic E-state index is 11.9. The van der Waals surface area contributed by atoms with Crippen LogP contribution in [-0.2, 0) is 11.2 Å². The number of hydrogen-bond donors (Lipinski definition) is 1. The maximum Gasteiger partial charge on any atom is 0.219 e. The number of hydrogen-bond acceptors (Lipinski definition) is 2. The van der Waals surface area contributed by atoms with E-state index in [0.717, 1.165) is 0 Å². The Kier molecular flexibility index (Phi) is 1.35. The SMILES string of the molecule is [2H]C([2H])([2H])C([2H])([2H])C(=O)NC[C@@H]1C[C@H]1c1cccc2c1C([2H])([2H])C([2H])([2H])O2. The molecule has 1 amide bonds. The molecule has 96 valence electrons. The Morgan fingerprint density at radius 2 is 2.67 bits per heavy atom. The second kappa shape index (κ2) is 4.63. The standard InChI is InChI=1S/C15H19NO2/c1-2-15(17)16-9-10-8-13(10)11-4-3-5-14-12(11)6-7-18-14/h3-5,10,13H,2,6-9H2,1H3,(H,16,17)/t10-,13+/m0/s1/i1D3,2D2,6D2,7D2. The molecule has 1 saturated carbocycles. The first-order valence-electron chi connectivity index (χ1n) is 10.3. The van der Waals surface area contributed by atoms with Gasteiger partial charge >= 0.3 is 0 Å². The van der Waals surface area contributed by atoms with Crippen LogP contribution in [0.1, 0.15) is 49.0 Å². The van der Waals surface area contributed by atoms with Crippen LogP contribution >= 0.6 is 0 Å². The average Bonchev–Trinajstić information content (AvgIpc) is 3.26. The zero-order valence-electron chi connectivity index (χ0n) is 18.6. The molecule has 1 N–H and O–H groups in total. The molecule has 2 aliphatic rings. The van der Waals surface area contributed by atoms with Gasteiger partial charge in [0.05, 0.1) is 9.30 Å². The number of carbonyl (C=O) groups excluding carboxylic acids is 1. The minimum Gasteiger partial charge on any atom is -0.493 e. The molecule has 1 heterocycles. The van der Waals surface area contributed by atoms with Crippen LogP contribution in [0.2, 0.25) is 0 Å². The summed E-state index contributed by atoms with van der Waals surface area (Å²) in [5.41, 5.74) is 0.753. The second-order valence-electron chi connectivity index (χ2n) is 4.49. The van der Waals surface area contributed by atoms with E-state index in [2.05, 4.69) is 5.32 Å². The van der Waals surface area contributed by atoms with Crippen molar-refractivity contribution in [2.75, 3.05) is 13.1 Å². The van der Waals surface area contributed by atoms with E-state index in [0.29, 0.717) is 12.0 Å². The summed E-state index contributed by atoms with van der Waals surface area (Å²) in [5.74, 6) is -1.32. The van der Waals surface area contributed by atoms with E-state index in [1.165, 1.54) is 6.07 Å². The summed E-state index contributed by atoms with van der Waals surface area (Å²) >= 11 is 0. The molecule has 3 heteroatoms. The first-order chi connectivity index (χ1) is 12.2. The van der Waals surface area contributed by atoms with Crippen molar-refractivity contribution in [1.29, 1.82) is 0 Å². The van der Waals surface area contributed by atoms with Gasteiger partial charge < -0.3 is 10.1 Å². The Balaban J connectivity index is 1.72. The molecule has 0 bridgehead atoms. The summed E-state index contributed by atoms with van der Waals surface area (Å²) in [6.07, 6.45) is -4.73. The monoisotopic (exact) mass is 254 g/mol. The Hall–Kier alpha value is -1.51. The fourth-order valence-corrected chi connectivity index (χ4v) is 2.33. The third-order valence-corrected chi connectivity index (χ3v) is 3.36. The molecule has 1 fully saturated rings. The molecule has 0 saturated heterocycles. The van der Waals surface area contributed by atoms with Gasteiger partial charge in [-0.05, 0) is 29.9 Å². The number of benzene rings is 1. The van der Waals surface area contributed by atoms with Crippen molar-refractivity contribution in [1.82, 2.24) is 5.32 Å². The predicted molar refractivity (Wildman–Crippen MR) is 69.8 cm³/mol. The van der Waals surface area contributed by atoms with Gasteiger partial charge in [-0.25, -0.2) is 0 Å². The molecule has 1 aliphatic carbocycles. The van der Waals surface area contributed by atoms with E-state index in [1.807, 2.05) is 0 Å². The van der Waals surface area contributed by atoms with Gasteiger partial charge in [0, 0.05) is 34.4 Å². The fraction of sp³-hybridized carbons (Fsp3) is 0.533. The fourth-order valence-electron chi connectivity index (χ4n) is 2.33. The van der Waals surface area contributed by atoms with Gasteiger partial charge in [-0.1, -0.05) is 19.0 Å². The Bertz CT molecular complexity index is 775. The highest BCUT2D eigenvalue weighted by molar-refractivity contribution is 5.75. The average molecular weight is 254 g/mol. The molecule has 18 heavy (non-hydrogen) atoms. The molecule has 0 unspecified atom stereocenters. The number of rotatable bonds is 4. The van der Waals surface area contributed by atoms with Crippen LogP contribution in [0.5, 0.6) is 5.75 Å². The topological polar surface area (TPSA) is 38.3 Å². The molecular weight excluding hydrogens is 226 g/mol.